The third-order valence-electron chi connectivity index (χ3n) is 3.39. The Morgan fingerprint density at radius 3 is 1.75 bits per heavy atom. The Hall–Kier alpha value is -3.02. The van der Waals surface area contributed by atoms with Crippen LogP contribution in [0.1, 0.15) is 31.9 Å². The van der Waals surface area contributed by atoms with E-state index >= 15 is 0 Å². The largest absolute Gasteiger partial charge is 0.493 e. The number of aryl methyl sites for hydroxylation is 2. The van der Waals surface area contributed by atoms with Crippen LogP contribution in [-0.4, -0.2) is 34.0 Å². The zero-order valence-corrected chi connectivity index (χ0v) is 17.8. The van der Waals surface area contributed by atoms with Crippen LogP contribution in [0.15, 0.2) is 42.5 Å². The zero-order valence-electron chi connectivity index (χ0n) is 17.8. The minimum absolute atomic E-state index is 0.250. The number of hydrogen-bond donors (Lipinski definition) is 2. The van der Waals surface area contributed by atoms with Gasteiger partial charge in [-0.25, -0.2) is 0 Å². The molecule has 6 nitrogen and oxygen atoms in total. The van der Waals surface area contributed by atoms with E-state index < -0.39 is 0 Å². The van der Waals surface area contributed by atoms with Crippen molar-refractivity contribution in [2.45, 2.75) is 33.6 Å². The van der Waals surface area contributed by atoms with Gasteiger partial charge in [-0.1, -0.05) is 32.0 Å². The molecule has 0 atom stereocenters. The van der Waals surface area contributed by atoms with Crippen molar-refractivity contribution in [3.63, 3.8) is 0 Å². The summed E-state index contributed by atoms with van der Waals surface area (Å²) >= 11 is 0. The SMILES string of the molecule is CC.CC=O.CNc1ccc(CCc2ccc(OC)c(OC)c2)cc1.NC=O. The number of methoxy groups -OCH3 is 2. The summed E-state index contributed by atoms with van der Waals surface area (Å²) in [6, 6.07) is 14.6. The number of benzene rings is 2. The van der Waals surface area contributed by atoms with Crippen LogP contribution in [0.2, 0.25) is 0 Å². The van der Waals surface area contributed by atoms with Crippen LogP contribution >= 0.6 is 0 Å². The van der Waals surface area contributed by atoms with Crippen molar-refractivity contribution in [3.8, 4) is 11.5 Å². The highest BCUT2D eigenvalue weighted by molar-refractivity contribution is 5.45. The minimum atomic E-state index is 0.250. The lowest BCUT2D eigenvalue weighted by atomic mass is 10.0. The lowest BCUT2D eigenvalue weighted by molar-refractivity contribution is -0.107. The Labute approximate surface area is 169 Å². The molecule has 0 aliphatic heterocycles. The molecule has 0 unspecified atom stereocenters. The van der Waals surface area contributed by atoms with Gasteiger partial charge in [0.25, 0.3) is 0 Å². The summed E-state index contributed by atoms with van der Waals surface area (Å²) in [7, 11) is 5.25. The van der Waals surface area contributed by atoms with E-state index in [9.17, 15) is 0 Å². The molecule has 1 amide bonds. The number of rotatable bonds is 6. The van der Waals surface area contributed by atoms with Gasteiger partial charge in [0.15, 0.2) is 11.5 Å². The molecular formula is C22H34N2O4. The number of nitrogens with two attached hydrogens (primary N) is 1. The molecular weight excluding hydrogens is 356 g/mol. The van der Waals surface area contributed by atoms with Crippen LogP contribution < -0.4 is 20.5 Å². The summed E-state index contributed by atoms with van der Waals surface area (Å²) in [6.07, 6.45) is 3.00. The second-order valence-electron chi connectivity index (χ2n) is 5.01. The number of anilines is 1. The number of hydrogen-bond acceptors (Lipinski definition) is 5. The molecule has 28 heavy (non-hydrogen) atoms. The van der Waals surface area contributed by atoms with E-state index in [0.29, 0.717) is 0 Å². The monoisotopic (exact) mass is 390 g/mol. The highest BCUT2D eigenvalue weighted by atomic mass is 16.5. The minimum Gasteiger partial charge on any atom is -0.493 e. The summed E-state index contributed by atoms with van der Waals surface area (Å²) in [5.41, 5.74) is 7.89. The van der Waals surface area contributed by atoms with E-state index in [1.165, 1.54) is 18.1 Å². The average Bonchev–Trinajstić information content (AvgIpc) is 2.75. The number of carbonyl (C=O) groups excluding carboxylic acids is 2. The van der Waals surface area contributed by atoms with E-state index in [1.807, 2.05) is 33.0 Å². The highest BCUT2D eigenvalue weighted by Crippen LogP contribution is 2.28. The molecule has 0 radical (unpaired) electrons. The van der Waals surface area contributed by atoms with Crippen molar-refractivity contribution in [1.29, 1.82) is 0 Å². The predicted molar refractivity (Wildman–Crippen MR) is 116 cm³/mol. The predicted octanol–water partition coefficient (Wildman–Crippen LogP) is 3.86. The Bertz CT molecular complexity index is 637. The first-order valence-electron chi connectivity index (χ1n) is 9.12. The number of aldehydes is 1. The number of carbonyl (C=O) groups is 2. The second-order valence-corrected chi connectivity index (χ2v) is 5.01. The van der Waals surface area contributed by atoms with Crippen LogP contribution in [0.25, 0.3) is 0 Å². The molecule has 2 aromatic rings. The van der Waals surface area contributed by atoms with E-state index in [2.05, 4.69) is 41.4 Å². The van der Waals surface area contributed by atoms with Gasteiger partial charge in [0.05, 0.1) is 14.2 Å². The van der Waals surface area contributed by atoms with Crippen molar-refractivity contribution < 1.29 is 19.1 Å². The molecule has 6 heteroatoms. The fourth-order valence-corrected chi connectivity index (χ4v) is 2.16. The van der Waals surface area contributed by atoms with Crippen LogP contribution in [0.3, 0.4) is 0 Å². The summed E-state index contributed by atoms with van der Waals surface area (Å²) in [5.74, 6) is 1.56. The Morgan fingerprint density at radius 1 is 0.893 bits per heavy atom. The topological polar surface area (TPSA) is 90.7 Å². The van der Waals surface area contributed by atoms with Crippen molar-refractivity contribution in [2.75, 3.05) is 26.6 Å². The van der Waals surface area contributed by atoms with Crippen molar-refractivity contribution >= 4 is 18.4 Å². The van der Waals surface area contributed by atoms with Gasteiger partial charge in [-0.15, -0.1) is 0 Å². The molecule has 0 aliphatic carbocycles. The lowest BCUT2D eigenvalue weighted by Crippen LogP contribution is -1.95. The molecule has 0 saturated carbocycles. The first-order valence-corrected chi connectivity index (χ1v) is 9.12. The molecule has 3 N–H and O–H groups in total. The molecule has 0 spiro atoms. The van der Waals surface area contributed by atoms with Crippen molar-refractivity contribution in [3.05, 3.63) is 53.6 Å². The summed E-state index contributed by atoms with van der Waals surface area (Å²) in [6.45, 7) is 5.44. The van der Waals surface area contributed by atoms with Gasteiger partial charge in [0.1, 0.15) is 6.29 Å². The molecule has 2 aromatic carbocycles. The number of nitrogens with one attached hydrogen (secondary N) is 1. The first kappa shape index (κ1) is 27.2. The summed E-state index contributed by atoms with van der Waals surface area (Å²) in [5, 5.41) is 3.13. The fraction of sp³-hybridized carbons (Fsp3) is 0.364. The number of amides is 1. The number of primary amides is 1. The Kier molecular flexibility index (Phi) is 18.2. The molecule has 0 heterocycles. The van der Waals surface area contributed by atoms with Crippen molar-refractivity contribution in [2.24, 2.45) is 5.73 Å². The Morgan fingerprint density at radius 2 is 1.32 bits per heavy atom. The van der Waals surface area contributed by atoms with Crippen LogP contribution in [0.5, 0.6) is 11.5 Å². The van der Waals surface area contributed by atoms with Gasteiger partial charge in [0, 0.05) is 12.7 Å². The summed E-state index contributed by atoms with van der Waals surface area (Å²) < 4.78 is 10.6. The first-order chi connectivity index (χ1) is 13.6. The maximum absolute atomic E-state index is 8.81. The third kappa shape index (κ3) is 11.6. The molecule has 0 saturated heterocycles. The molecule has 0 aromatic heterocycles. The quantitative estimate of drug-likeness (QED) is 0.731. The van der Waals surface area contributed by atoms with Gasteiger partial charge in [-0.2, -0.15) is 0 Å². The zero-order chi connectivity index (χ0) is 21.8. The molecule has 0 bridgehead atoms. The highest BCUT2D eigenvalue weighted by Gasteiger charge is 2.04. The second kappa shape index (κ2) is 18.8. The lowest BCUT2D eigenvalue weighted by Gasteiger charge is -2.10. The van der Waals surface area contributed by atoms with Crippen molar-refractivity contribution in [1.82, 2.24) is 0 Å². The third-order valence-corrected chi connectivity index (χ3v) is 3.39. The molecule has 156 valence electrons. The van der Waals surface area contributed by atoms with Gasteiger partial charge in [0.2, 0.25) is 6.41 Å². The average molecular weight is 391 g/mol. The van der Waals surface area contributed by atoms with E-state index in [-0.39, 0.29) is 6.41 Å². The van der Waals surface area contributed by atoms with Crippen LogP contribution in [-0.2, 0) is 22.4 Å². The van der Waals surface area contributed by atoms with Gasteiger partial charge < -0.3 is 25.3 Å². The van der Waals surface area contributed by atoms with E-state index in [4.69, 9.17) is 19.1 Å². The Balaban J connectivity index is 0. The van der Waals surface area contributed by atoms with Gasteiger partial charge in [-0.3, -0.25) is 4.79 Å². The normalized spacial score (nSPS) is 8.36. The summed E-state index contributed by atoms with van der Waals surface area (Å²) in [4.78, 5) is 17.4. The van der Waals surface area contributed by atoms with Gasteiger partial charge in [-0.05, 0) is 55.2 Å². The number of ether oxygens (including phenoxy) is 2. The fourth-order valence-electron chi connectivity index (χ4n) is 2.16. The molecule has 0 aliphatic rings. The molecule has 0 fully saturated rings. The smallest absolute Gasteiger partial charge is 0.204 e. The maximum atomic E-state index is 8.81. The van der Waals surface area contributed by atoms with Gasteiger partial charge >= 0.3 is 0 Å². The van der Waals surface area contributed by atoms with Crippen LogP contribution in [0.4, 0.5) is 5.69 Å². The van der Waals surface area contributed by atoms with Crippen LogP contribution in [0, 0.1) is 0 Å². The molecule has 2 rings (SSSR count). The standard InChI is InChI=1S/C17H21NO2.C2H4O.C2H6.CH3NO/c1-18-15-9-6-13(7-10-15)4-5-14-8-11-16(19-2)17(12-14)20-3;1-2-3;1-2;2-1-3/h6-12,18H,4-5H2,1-3H3;2H,1H3;1-2H3;1H,(H2,2,3). The maximum Gasteiger partial charge on any atom is 0.204 e. The van der Waals surface area contributed by atoms with E-state index in [1.54, 1.807) is 14.2 Å². The van der Waals surface area contributed by atoms with E-state index in [0.717, 1.165) is 36.3 Å².